The Morgan fingerprint density at radius 1 is 1.12 bits per heavy atom. The van der Waals surface area contributed by atoms with Gasteiger partial charge < -0.3 is 31.1 Å². The van der Waals surface area contributed by atoms with E-state index in [1.807, 2.05) is 41.3 Å². The first-order valence-corrected chi connectivity index (χ1v) is 11.6. The molecule has 0 spiro atoms. The number of hydrogen-bond acceptors (Lipinski definition) is 7. The Morgan fingerprint density at radius 2 is 1.88 bits per heavy atom. The van der Waals surface area contributed by atoms with Crippen molar-refractivity contribution >= 4 is 28.9 Å². The summed E-state index contributed by atoms with van der Waals surface area (Å²) in [4.78, 5) is 29.6. The summed E-state index contributed by atoms with van der Waals surface area (Å²) in [6, 6.07) is 14.8. The molecule has 1 atom stereocenters. The number of benzene rings is 2. The standard InChI is InChI=1S/C25H29N5O4/c26-17-6-7-20-19(14-17)21(23(31)30(20)18-8-10-27-11-9-18)22-24(32)29(13-12-28-22)25(33)34-15-16-4-2-1-3-5-16/h1-7,14,18,24,27-28,32H,8-13,15,26H2/b22-21-. The van der Waals surface area contributed by atoms with Gasteiger partial charge in [0.05, 0.1) is 17.0 Å². The second-order valence-electron chi connectivity index (χ2n) is 8.76. The van der Waals surface area contributed by atoms with Crippen LogP contribution in [0.2, 0.25) is 0 Å². The third-order valence-corrected chi connectivity index (χ3v) is 6.59. The molecule has 0 aromatic heterocycles. The number of nitrogens with one attached hydrogen (secondary N) is 2. The van der Waals surface area contributed by atoms with E-state index in [2.05, 4.69) is 10.6 Å². The molecule has 3 aliphatic heterocycles. The van der Waals surface area contributed by atoms with Crippen LogP contribution in [0.5, 0.6) is 0 Å². The van der Waals surface area contributed by atoms with Gasteiger partial charge in [-0.05, 0) is 49.7 Å². The first-order valence-electron chi connectivity index (χ1n) is 11.6. The Kier molecular flexibility index (Phi) is 6.12. The summed E-state index contributed by atoms with van der Waals surface area (Å²) in [6.45, 7) is 2.42. The average Bonchev–Trinajstić information content (AvgIpc) is 3.14. The number of aliphatic hydroxyl groups is 1. The van der Waals surface area contributed by atoms with Crippen LogP contribution < -0.4 is 21.3 Å². The van der Waals surface area contributed by atoms with Gasteiger partial charge in [-0.15, -0.1) is 0 Å². The van der Waals surface area contributed by atoms with E-state index >= 15 is 0 Å². The number of ether oxygens (including phenoxy) is 1. The third kappa shape index (κ3) is 4.08. The summed E-state index contributed by atoms with van der Waals surface area (Å²) in [5, 5.41) is 17.7. The number of rotatable bonds is 3. The maximum absolute atomic E-state index is 13.7. The van der Waals surface area contributed by atoms with Crippen molar-refractivity contribution in [1.29, 1.82) is 0 Å². The molecule has 2 aromatic carbocycles. The molecule has 5 rings (SSSR count). The molecule has 0 saturated carbocycles. The van der Waals surface area contributed by atoms with Crippen LogP contribution in [0.25, 0.3) is 5.57 Å². The van der Waals surface area contributed by atoms with E-state index in [4.69, 9.17) is 10.5 Å². The predicted octanol–water partition coefficient (Wildman–Crippen LogP) is 1.64. The molecule has 5 N–H and O–H groups in total. The number of nitrogens with zero attached hydrogens (tertiary/aromatic N) is 2. The van der Waals surface area contributed by atoms with Crippen LogP contribution in [0.4, 0.5) is 16.2 Å². The molecular formula is C25H29N5O4. The molecule has 2 amide bonds. The van der Waals surface area contributed by atoms with Crippen LogP contribution in [-0.2, 0) is 16.1 Å². The van der Waals surface area contributed by atoms with E-state index < -0.39 is 12.3 Å². The summed E-state index contributed by atoms with van der Waals surface area (Å²) in [5.41, 5.74) is 9.56. The van der Waals surface area contributed by atoms with E-state index in [0.717, 1.165) is 37.2 Å². The maximum Gasteiger partial charge on any atom is 0.412 e. The van der Waals surface area contributed by atoms with Crippen molar-refractivity contribution in [2.75, 3.05) is 36.8 Å². The number of nitrogens with two attached hydrogens (primary N) is 1. The Bertz CT molecular complexity index is 1110. The molecule has 3 aliphatic rings. The first kappa shape index (κ1) is 22.2. The van der Waals surface area contributed by atoms with Crippen LogP contribution in [0.3, 0.4) is 0 Å². The van der Waals surface area contributed by atoms with Gasteiger partial charge in [0.1, 0.15) is 6.61 Å². The summed E-state index contributed by atoms with van der Waals surface area (Å²) < 4.78 is 5.44. The van der Waals surface area contributed by atoms with Gasteiger partial charge in [-0.2, -0.15) is 0 Å². The SMILES string of the molecule is Nc1ccc2c(c1)/C(=C1/NCCN(C(=O)OCc3ccccc3)C1O)C(=O)N2C1CCNCC1. The second kappa shape index (κ2) is 9.36. The van der Waals surface area contributed by atoms with Crippen LogP contribution in [0.1, 0.15) is 24.0 Å². The van der Waals surface area contributed by atoms with Crippen molar-refractivity contribution in [3.63, 3.8) is 0 Å². The number of amides is 2. The van der Waals surface area contributed by atoms with Gasteiger partial charge >= 0.3 is 6.09 Å². The first-order chi connectivity index (χ1) is 16.5. The Morgan fingerprint density at radius 3 is 2.65 bits per heavy atom. The zero-order valence-corrected chi connectivity index (χ0v) is 18.9. The predicted molar refractivity (Wildman–Crippen MR) is 128 cm³/mol. The van der Waals surface area contributed by atoms with Gasteiger partial charge in [0.15, 0.2) is 6.23 Å². The zero-order valence-electron chi connectivity index (χ0n) is 18.9. The van der Waals surface area contributed by atoms with E-state index in [0.29, 0.717) is 29.1 Å². The van der Waals surface area contributed by atoms with Crippen LogP contribution in [0.15, 0.2) is 54.2 Å². The van der Waals surface area contributed by atoms with Gasteiger partial charge in [0.25, 0.3) is 5.91 Å². The highest BCUT2D eigenvalue weighted by Crippen LogP contribution is 2.42. The number of aliphatic hydroxyl groups excluding tert-OH is 1. The molecule has 34 heavy (non-hydrogen) atoms. The fourth-order valence-corrected chi connectivity index (χ4v) is 4.89. The highest BCUT2D eigenvalue weighted by Gasteiger charge is 2.42. The van der Waals surface area contributed by atoms with Crippen LogP contribution >= 0.6 is 0 Å². The van der Waals surface area contributed by atoms with Gasteiger partial charge in [0, 0.05) is 30.4 Å². The number of hydrogen-bond donors (Lipinski definition) is 4. The van der Waals surface area contributed by atoms with Gasteiger partial charge in [-0.3, -0.25) is 9.69 Å². The van der Waals surface area contributed by atoms with E-state index in [1.54, 1.807) is 12.1 Å². The number of fused-ring (bicyclic) bond motifs is 1. The average molecular weight is 464 g/mol. The highest BCUT2D eigenvalue weighted by molar-refractivity contribution is 6.33. The largest absolute Gasteiger partial charge is 0.444 e. The van der Waals surface area contributed by atoms with Crippen LogP contribution in [0, 0.1) is 0 Å². The van der Waals surface area contributed by atoms with E-state index in [1.165, 1.54) is 4.90 Å². The van der Waals surface area contributed by atoms with Gasteiger partial charge in [0.2, 0.25) is 0 Å². The topological polar surface area (TPSA) is 120 Å². The lowest BCUT2D eigenvalue weighted by Gasteiger charge is -2.35. The molecule has 2 fully saturated rings. The van der Waals surface area contributed by atoms with Crippen molar-refractivity contribution in [2.24, 2.45) is 0 Å². The minimum absolute atomic E-state index is 0.0573. The molecule has 9 heteroatoms. The number of piperazine rings is 1. The van der Waals surface area contributed by atoms with Crippen molar-refractivity contribution in [2.45, 2.75) is 31.7 Å². The highest BCUT2D eigenvalue weighted by atomic mass is 16.6. The minimum Gasteiger partial charge on any atom is -0.444 e. The molecule has 2 saturated heterocycles. The van der Waals surface area contributed by atoms with Crippen molar-refractivity contribution in [3.8, 4) is 0 Å². The van der Waals surface area contributed by atoms with Gasteiger partial charge in [-0.1, -0.05) is 30.3 Å². The van der Waals surface area contributed by atoms with Crippen molar-refractivity contribution in [3.05, 3.63) is 65.4 Å². The molecule has 0 radical (unpaired) electrons. The number of piperidine rings is 1. The van der Waals surface area contributed by atoms with Gasteiger partial charge in [-0.25, -0.2) is 4.79 Å². The smallest absolute Gasteiger partial charge is 0.412 e. The molecule has 9 nitrogen and oxygen atoms in total. The third-order valence-electron chi connectivity index (χ3n) is 6.59. The summed E-state index contributed by atoms with van der Waals surface area (Å²) in [7, 11) is 0. The zero-order chi connectivity index (χ0) is 23.7. The number of carbonyl (C=O) groups excluding carboxylic acids is 2. The summed E-state index contributed by atoms with van der Waals surface area (Å²) >= 11 is 0. The summed E-state index contributed by atoms with van der Waals surface area (Å²) in [5.74, 6) is -0.187. The molecule has 2 aromatic rings. The molecular weight excluding hydrogens is 434 g/mol. The lowest BCUT2D eigenvalue weighted by atomic mass is 10.0. The molecule has 178 valence electrons. The Labute approximate surface area is 198 Å². The second-order valence-corrected chi connectivity index (χ2v) is 8.76. The van der Waals surface area contributed by atoms with E-state index in [9.17, 15) is 14.7 Å². The monoisotopic (exact) mass is 463 g/mol. The van der Waals surface area contributed by atoms with Crippen molar-refractivity contribution < 1.29 is 19.4 Å². The number of nitrogen functional groups attached to an aromatic ring is 1. The Balaban J connectivity index is 1.44. The molecule has 3 heterocycles. The lowest BCUT2D eigenvalue weighted by Crippen LogP contribution is -2.53. The summed E-state index contributed by atoms with van der Waals surface area (Å²) in [6.07, 6.45) is -0.291. The van der Waals surface area contributed by atoms with E-state index in [-0.39, 0.29) is 25.1 Å². The number of anilines is 2. The molecule has 0 bridgehead atoms. The van der Waals surface area contributed by atoms with Crippen molar-refractivity contribution in [1.82, 2.24) is 15.5 Å². The molecule has 0 aliphatic carbocycles. The fourth-order valence-electron chi connectivity index (χ4n) is 4.89. The molecule has 1 unspecified atom stereocenters. The Hall–Kier alpha value is -3.56. The van der Waals surface area contributed by atoms with Crippen LogP contribution in [-0.4, -0.2) is 60.5 Å². The quantitative estimate of drug-likeness (QED) is 0.403. The maximum atomic E-state index is 13.7. The lowest BCUT2D eigenvalue weighted by molar-refractivity contribution is -0.113. The fraction of sp³-hybridized carbons (Fsp3) is 0.360. The minimum atomic E-state index is -1.33. The number of carbonyl (C=O) groups is 2. The normalized spacial score (nSPS) is 23.0.